The molecule has 0 aromatic carbocycles. The summed E-state index contributed by atoms with van der Waals surface area (Å²) < 4.78 is 5.23. The Morgan fingerprint density at radius 2 is 1.93 bits per heavy atom. The van der Waals surface area contributed by atoms with E-state index in [9.17, 15) is 9.90 Å². The van der Waals surface area contributed by atoms with Crippen LogP contribution in [0.3, 0.4) is 0 Å². The average molecular weight is 404 g/mol. The molecule has 0 amide bonds. The summed E-state index contributed by atoms with van der Waals surface area (Å²) in [5.41, 5.74) is 3.91. The maximum atomic E-state index is 12.2. The molecule has 8 atom stereocenters. The molecule has 4 fully saturated rings. The standard InChI is InChI=1S/C24H37NO4/c1-22-9-6-17(25-28-3)13-16(22)4-5-20-19(22)7-10-23(2)18(8-11-24(20,23)27)15-12-21(26)29-14-15/h12,16-20,25,27H,4-11,13-14H2,1-3H3/t16-,17-,18-,19?,20?,22+,23-,24+/m1/s1. The van der Waals surface area contributed by atoms with Gasteiger partial charge in [-0.2, -0.15) is 5.48 Å². The molecule has 0 saturated heterocycles. The van der Waals surface area contributed by atoms with Crippen molar-refractivity contribution in [2.75, 3.05) is 13.7 Å². The van der Waals surface area contributed by atoms with E-state index in [-0.39, 0.29) is 17.3 Å². The van der Waals surface area contributed by atoms with Crippen molar-refractivity contribution >= 4 is 5.97 Å². The van der Waals surface area contributed by atoms with E-state index in [1.807, 2.05) is 0 Å². The number of hydroxylamine groups is 1. The Labute approximate surface area is 174 Å². The lowest BCUT2D eigenvalue weighted by atomic mass is 9.43. The van der Waals surface area contributed by atoms with Crippen LogP contribution in [0.15, 0.2) is 11.6 Å². The number of ether oxygens (including phenoxy) is 1. The van der Waals surface area contributed by atoms with Gasteiger partial charge in [0.2, 0.25) is 0 Å². The number of carbonyl (C=O) groups excluding carboxylic acids is 1. The normalized spacial score (nSPS) is 51.7. The van der Waals surface area contributed by atoms with Gasteiger partial charge in [-0.1, -0.05) is 13.8 Å². The molecule has 0 bridgehead atoms. The summed E-state index contributed by atoms with van der Waals surface area (Å²) in [5.74, 6) is 1.79. The van der Waals surface area contributed by atoms with Crippen LogP contribution < -0.4 is 5.48 Å². The zero-order chi connectivity index (χ0) is 20.4. The lowest BCUT2D eigenvalue weighted by molar-refractivity contribution is -0.206. The van der Waals surface area contributed by atoms with Crippen LogP contribution in [0, 0.1) is 34.5 Å². The first-order chi connectivity index (χ1) is 13.8. The van der Waals surface area contributed by atoms with Gasteiger partial charge in [0, 0.05) is 17.5 Å². The molecule has 5 heteroatoms. The number of esters is 1. The third-order valence-electron chi connectivity index (χ3n) is 10.3. The number of hydrogen-bond donors (Lipinski definition) is 2. The summed E-state index contributed by atoms with van der Waals surface area (Å²) in [5, 5.41) is 12.2. The predicted molar refractivity (Wildman–Crippen MR) is 110 cm³/mol. The van der Waals surface area contributed by atoms with Crippen LogP contribution in [-0.4, -0.2) is 36.4 Å². The number of nitrogens with one attached hydrogen (secondary N) is 1. The molecule has 4 saturated carbocycles. The van der Waals surface area contributed by atoms with Crippen molar-refractivity contribution < 1.29 is 19.5 Å². The highest BCUT2D eigenvalue weighted by Crippen LogP contribution is 2.69. The largest absolute Gasteiger partial charge is 0.458 e. The Hall–Kier alpha value is -0.910. The monoisotopic (exact) mass is 403 g/mol. The maximum absolute atomic E-state index is 12.2. The van der Waals surface area contributed by atoms with E-state index < -0.39 is 5.60 Å². The molecule has 0 spiro atoms. The van der Waals surface area contributed by atoms with Crippen LogP contribution in [0.25, 0.3) is 0 Å². The van der Waals surface area contributed by atoms with Crippen LogP contribution in [0.1, 0.15) is 71.6 Å². The highest BCUT2D eigenvalue weighted by atomic mass is 16.6. The first kappa shape index (κ1) is 20.0. The van der Waals surface area contributed by atoms with Crippen LogP contribution in [0.5, 0.6) is 0 Å². The fourth-order valence-corrected chi connectivity index (χ4v) is 8.68. The van der Waals surface area contributed by atoms with E-state index in [0.29, 0.717) is 29.9 Å². The smallest absolute Gasteiger partial charge is 0.331 e. The number of cyclic esters (lactones) is 1. The summed E-state index contributed by atoms with van der Waals surface area (Å²) in [6.07, 6.45) is 11.8. The molecule has 1 heterocycles. The van der Waals surface area contributed by atoms with Gasteiger partial charge in [-0.05, 0) is 92.4 Å². The van der Waals surface area contributed by atoms with Crippen LogP contribution in [0.2, 0.25) is 0 Å². The minimum atomic E-state index is -0.608. The van der Waals surface area contributed by atoms with E-state index in [4.69, 9.17) is 9.57 Å². The fourth-order valence-electron chi connectivity index (χ4n) is 8.68. The van der Waals surface area contributed by atoms with Crippen molar-refractivity contribution in [1.82, 2.24) is 5.48 Å². The average Bonchev–Trinajstić information content (AvgIpc) is 3.23. The molecule has 5 nitrogen and oxygen atoms in total. The van der Waals surface area contributed by atoms with Gasteiger partial charge in [0.25, 0.3) is 0 Å². The molecule has 0 aromatic heterocycles. The van der Waals surface area contributed by atoms with Crippen LogP contribution in [0.4, 0.5) is 0 Å². The van der Waals surface area contributed by atoms with E-state index in [1.54, 1.807) is 13.2 Å². The molecular weight excluding hydrogens is 366 g/mol. The van der Waals surface area contributed by atoms with E-state index in [1.165, 1.54) is 25.7 Å². The van der Waals surface area contributed by atoms with Gasteiger partial charge in [0.1, 0.15) is 6.61 Å². The molecule has 162 valence electrons. The molecular formula is C24H37NO4. The molecule has 5 aliphatic rings. The summed E-state index contributed by atoms with van der Waals surface area (Å²) in [6.45, 7) is 5.25. The Morgan fingerprint density at radius 3 is 2.66 bits per heavy atom. The van der Waals surface area contributed by atoms with Gasteiger partial charge in [-0.25, -0.2) is 4.79 Å². The molecule has 2 unspecified atom stereocenters. The maximum Gasteiger partial charge on any atom is 0.331 e. The van der Waals surface area contributed by atoms with Crippen molar-refractivity contribution in [2.45, 2.75) is 83.3 Å². The molecule has 1 aliphatic heterocycles. The van der Waals surface area contributed by atoms with Crippen molar-refractivity contribution in [1.29, 1.82) is 0 Å². The van der Waals surface area contributed by atoms with Gasteiger partial charge < -0.3 is 14.7 Å². The number of fused-ring (bicyclic) bond motifs is 5. The highest BCUT2D eigenvalue weighted by molar-refractivity contribution is 5.85. The van der Waals surface area contributed by atoms with Crippen molar-refractivity contribution in [3.8, 4) is 0 Å². The summed E-state index contributed by atoms with van der Waals surface area (Å²) in [6, 6.07) is 0.467. The minimum absolute atomic E-state index is 0.133. The van der Waals surface area contributed by atoms with Gasteiger partial charge in [0.05, 0.1) is 12.7 Å². The predicted octanol–water partition coefficient (Wildman–Crippen LogP) is 3.76. The van der Waals surface area contributed by atoms with Crippen LogP contribution in [-0.2, 0) is 14.4 Å². The van der Waals surface area contributed by atoms with Gasteiger partial charge >= 0.3 is 5.97 Å². The van der Waals surface area contributed by atoms with E-state index in [2.05, 4.69) is 19.3 Å². The molecule has 29 heavy (non-hydrogen) atoms. The second-order valence-corrected chi connectivity index (χ2v) is 11.1. The molecule has 2 N–H and O–H groups in total. The molecule has 0 aromatic rings. The second-order valence-electron chi connectivity index (χ2n) is 11.1. The van der Waals surface area contributed by atoms with Crippen molar-refractivity contribution in [2.24, 2.45) is 34.5 Å². The van der Waals surface area contributed by atoms with Crippen LogP contribution >= 0.6 is 0 Å². The van der Waals surface area contributed by atoms with Gasteiger partial charge in [-0.3, -0.25) is 0 Å². The Morgan fingerprint density at radius 1 is 1.10 bits per heavy atom. The lowest BCUT2D eigenvalue weighted by Gasteiger charge is -2.63. The molecule has 0 radical (unpaired) electrons. The van der Waals surface area contributed by atoms with E-state index in [0.717, 1.165) is 43.6 Å². The first-order valence-corrected chi connectivity index (χ1v) is 11.7. The number of carbonyl (C=O) groups is 1. The zero-order valence-corrected chi connectivity index (χ0v) is 18.2. The lowest BCUT2D eigenvalue weighted by Crippen LogP contribution is -2.62. The Balaban J connectivity index is 1.41. The number of hydrogen-bond acceptors (Lipinski definition) is 5. The fraction of sp³-hybridized carbons (Fsp3) is 0.875. The summed E-state index contributed by atoms with van der Waals surface area (Å²) >= 11 is 0. The first-order valence-electron chi connectivity index (χ1n) is 11.7. The minimum Gasteiger partial charge on any atom is -0.458 e. The Bertz CT molecular complexity index is 722. The van der Waals surface area contributed by atoms with Crippen molar-refractivity contribution in [3.63, 3.8) is 0 Å². The Kier molecular flexibility index (Phi) is 4.69. The SMILES string of the molecule is CON[C@@H]1CC[C@]2(C)C3CC[C@]4(C)[C@@H](C5=CC(=O)OC5)CC[C@]4(O)C3CC[C@@H]2C1. The topological polar surface area (TPSA) is 67.8 Å². The third kappa shape index (κ3) is 2.73. The van der Waals surface area contributed by atoms with Gasteiger partial charge in [0.15, 0.2) is 0 Å². The summed E-state index contributed by atoms with van der Waals surface area (Å²) in [4.78, 5) is 16.9. The summed E-state index contributed by atoms with van der Waals surface area (Å²) in [7, 11) is 1.72. The number of aliphatic hydroxyl groups is 1. The van der Waals surface area contributed by atoms with Gasteiger partial charge in [-0.15, -0.1) is 0 Å². The molecule has 4 aliphatic carbocycles. The third-order valence-corrected chi connectivity index (χ3v) is 10.3. The molecule has 5 rings (SSSR count). The quantitative estimate of drug-likeness (QED) is 0.555. The zero-order valence-electron chi connectivity index (χ0n) is 18.2. The number of rotatable bonds is 3. The van der Waals surface area contributed by atoms with E-state index >= 15 is 0 Å². The highest BCUT2D eigenvalue weighted by Gasteiger charge is 2.67. The van der Waals surface area contributed by atoms with Crippen molar-refractivity contribution in [3.05, 3.63) is 11.6 Å². The second kappa shape index (κ2) is 6.80.